The van der Waals surface area contributed by atoms with Gasteiger partial charge in [0.2, 0.25) is 5.91 Å². The highest BCUT2D eigenvalue weighted by Crippen LogP contribution is 2.37. The molecular weight excluding hydrogens is 236 g/mol. The summed E-state index contributed by atoms with van der Waals surface area (Å²) in [4.78, 5) is 16.8. The summed E-state index contributed by atoms with van der Waals surface area (Å²) < 4.78 is 0. The fourth-order valence-corrected chi connectivity index (χ4v) is 2.69. The van der Waals surface area contributed by atoms with Gasteiger partial charge >= 0.3 is 0 Å². The monoisotopic (exact) mass is 260 g/mol. The molecule has 3 heteroatoms. The van der Waals surface area contributed by atoms with Gasteiger partial charge in [0.15, 0.2) is 0 Å². The maximum atomic E-state index is 12.6. The van der Waals surface area contributed by atoms with E-state index in [1.54, 1.807) is 0 Å². The maximum absolute atomic E-state index is 12.6. The molecule has 0 aliphatic carbocycles. The Labute approximate surface area is 116 Å². The zero-order chi connectivity index (χ0) is 14.2. The first-order valence-corrected chi connectivity index (χ1v) is 6.89. The van der Waals surface area contributed by atoms with Gasteiger partial charge in [0, 0.05) is 23.7 Å². The fraction of sp³-hybridized carbons (Fsp3) is 0.562. The van der Waals surface area contributed by atoms with Gasteiger partial charge in [-0.3, -0.25) is 4.79 Å². The van der Waals surface area contributed by atoms with Crippen molar-refractivity contribution < 1.29 is 4.79 Å². The summed E-state index contributed by atoms with van der Waals surface area (Å²) in [6.07, 6.45) is 0.992. The van der Waals surface area contributed by atoms with Crippen LogP contribution in [-0.4, -0.2) is 31.4 Å². The highest BCUT2D eigenvalue weighted by molar-refractivity contribution is 5.98. The number of carbonyl (C=O) groups is 1. The number of hydrogen-bond acceptors (Lipinski definition) is 2. The number of fused-ring (bicyclic) bond motifs is 1. The topological polar surface area (TPSA) is 23.6 Å². The van der Waals surface area contributed by atoms with E-state index in [2.05, 4.69) is 37.2 Å². The molecular formula is C16H24N2O. The summed E-state index contributed by atoms with van der Waals surface area (Å²) in [6, 6.07) is 8.68. The van der Waals surface area contributed by atoms with Crippen molar-refractivity contribution in [1.29, 1.82) is 0 Å². The fourth-order valence-electron chi connectivity index (χ4n) is 2.69. The zero-order valence-electron chi connectivity index (χ0n) is 12.6. The normalized spacial score (nSPS) is 19.5. The molecule has 0 N–H and O–H groups in total. The second-order valence-electron chi connectivity index (χ2n) is 6.53. The van der Waals surface area contributed by atoms with Crippen LogP contribution in [0.25, 0.3) is 0 Å². The molecule has 0 radical (unpaired) electrons. The van der Waals surface area contributed by atoms with Crippen molar-refractivity contribution in [2.75, 3.05) is 25.5 Å². The molecule has 1 aromatic rings. The minimum Gasteiger partial charge on any atom is -0.312 e. The summed E-state index contributed by atoms with van der Waals surface area (Å²) in [7, 11) is 4.20. The van der Waals surface area contributed by atoms with Gasteiger partial charge in [0.05, 0.1) is 0 Å². The molecule has 1 amide bonds. The Morgan fingerprint density at radius 2 is 1.89 bits per heavy atom. The Balaban J connectivity index is 2.41. The van der Waals surface area contributed by atoms with Crippen molar-refractivity contribution in [2.45, 2.75) is 33.2 Å². The second-order valence-corrected chi connectivity index (χ2v) is 6.53. The Bertz CT molecular complexity index is 474. The SMILES string of the molecule is CN(C)C1CCN(C(=O)C(C)(C)C)c2ccccc21. The highest BCUT2D eigenvalue weighted by atomic mass is 16.2. The number of rotatable bonds is 1. The highest BCUT2D eigenvalue weighted by Gasteiger charge is 2.34. The van der Waals surface area contributed by atoms with E-state index in [0.29, 0.717) is 6.04 Å². The molecule has 2 rings (SSSR count). The van der Waals surface area contributed by atoms with Crippen molar-refractivity contribution >= 4 is 11.6 Å². The van der Waals surface area contributed by atoms with Crippen molar-refractivity contribution in [3.8, 4) is 0 Å². The molecule has 0 bridgehead atoms. The number of hydrogen-bond donors (Lipinski definition) is 0. The standard InChI is InChI=1S/C16H24N2O/c1-16(2,3)15(19)18-11-10-13(17(4)5)12-8-6-7-9-14(12)18/h6-9,13H,10-11H2,1-5H3. The molecule has 0 spiro atoms. The predicted molar refractivity (Wildman–Crippen MR) is 79.3 cm³/mol. The molecule has 1 unspecified atom stereocenters. The largest absolute Gasteiger partial charge is 0.312 e. The smallest absolute Gasteiger partial charge is 0.232 e. The van der Waals surface area contributed by atoms with Crippen LogP contribution in [0.4, 0.5) is 5.69 Å². The number of anilines is 1. The molecule has 104 valence electrons. The van der Waals surface area contributed by atoms with Gasteiger partial charge in [-0.05, 0) is 32.1 Å². The summed E-state index contributed by atoms with van der Waals surface area (Å²) in [5, 5.41) is 0. The Hall–Kier alpha value is -1.35. The average molecular weight is 260 g/mol. The van der Waals surface area contributed by atoms with Gasteiger partial charge in [0.25, 0.3) is 0 Å². The van der Waals surface area contributed by atoms with Gasteiger partial charge in [-0.1, -0.05) is 39.0 Å². The summed E-state index contributed by atoms with van der Waals surface area (Å²) >= 11 is 0. The summed E-state index contributed by atoms with van der Waals surface area (Å²) in [5.74, 6) is 0.206. The number of amides is 1. The van der Waals surface area contributed by atoms with Crippen LogP contribution < -0.4 is 4.90 Å². The third-order valence-corrected chi connectivity index (χ3v) is 3.72. The summed E-state index contributed by atoms with van der Waals surface area (Å²) in [5.41, 5.74) is 2.00. The number of nitrogens with zero attached hydrogens (tertiary/aromatic N) is 2. The van der Waals surface area contributed by atoms with E-state index >= 15 is 0 Å². The molecule has 0 aromatic heterocycles. The van der Waals surface area contributed by atoms with Gasteiger partial charge in [-0.15, -0.1) is 0 Å². The molecule has 0 saturated heterocycles. The number of benzene rings is 1. The molecule has 1 atom stereocenters. The van der Waals surface area contributed by atoms with E-state index < -0.39 is 0 Å². The molecule has 19 heavy (non-hydrogen) atoms. The van der Waals surface area contributed by atoms with E-state index in [4.69, 9.17) is 0 Å². The minimum absolute atomic E-state index is 0.206. The van der Waals surface area contributed by atoms with E-state index in [-0.39, 0.29) is 11.3 Å². The predicted octanol–water partition coefficient (Wildman–Crippen LogP) is 3.07. The first kappa shape index (κ1) is 14.1. The van der Waals surface area contributed by atoms with Gasteiger partial charge in [-0.25, -0.2) is 0 Å². The van der Waals surface area contributed by atoms with Crippen molar-refractivity contribution in [3.63, 3.8) is 0 Å². The quantitative estimate of drug-likeness (QED) is 0.774. The molecule has 3 nitrogen and oxygen atoms in total. The van der Waals surface area contributed by atoms with Crippen LogP contribution in [0.5, 0.6) is 0 Å². The third kappa shape index (κ3) is 2.66. The van der Waals surface area contributed by atoms with Crippen LogP contribution in [0.1, 0.15) is 38.8 Å². The first-order valence-electron chi connectivity index (χ1n) is 6.89. The minimum atomic E-state index is -0.335. The lowest BCUT2D eigenvalue weighted by molar-refractivity contribution is -0.125. The molecule has 1 aromatic carbocycles. The van der Waals surface area contributed by atoms with Crippen molar-refractivity contribution in [2.24, 2.45) is 5.41 Å². The maximum Gasteiger partial charge on any atom is 0.232 e. The van der Waals surface area contributed by atoms with E-state index in [9.17, 15) is 4.79 Å². The zero-order valence-corrected chi connectivity index (χ0v) is 12.6. The number of para-hydroxylation sites is 1. The van der Waals surface area contributed by atoms with Crippen LogP contribution in [0.2, 0.25) is 0 Å². The van der Waals surface area contributed by atoms with Crippen LogP contribution in [-0.2, 0) is 4.79 Å². The molecule has 1 heterocycles. The second kappa shape index (κ2) is 4.97. The Morgan fingerprint density at radius 1 is 1.26 bits per heavy atom. The van der Waals surface area contributed by atoms with E-state index in [1.165, 1.54) is 5.56 Å². The lowest BCUT2D eigenvalue weighted by Gasteiger charge is -2.39. The Kier molecular flexibility index (Phi) is 3.68. The van der Waals surface area contributed by atoms with Gasteiger partial charge < -0.3 is 9.80 Å². The van der Waals surface area contributed by atoms with Crippen LogP contribution in [0.15, 0.2) is 24.3 Å². The lowest BCUT2D eigenvalue weighted by atomic mass is 9.90. The van der Waals surface area contributed by atoms with Crippen LogP contribution in [0.3, 0.4) is 0 Å². The third-order valence-electron chi connectivity index (χ3n) is 3.72. The number of carbonyl (C=O) groups excluding carboxylic acids is 1. The lowest BCUT2D eigenvalue weighted by Crippen LogP contribution is -2.44. The Morgan fingerprint density at radius 3 is 2.47 bits per heavy atom. The van der Waals surface area contributed by atoms with Gasteiger partial charge in [0.1, 0.15) is 0 Å². The van der Waals surface area contributed by atoms with Crippen LogP contribution >= 0.6 is 0 Å². The van der Waals surface area contributed by atoms with E-state index in [1.807, 2.05) is 31.7 Å². The van der Waals surface area contributed by atoms with E-state index in [0.717, 1.165) is 18.7 Å². The van der Waals surface area contributed by atoms with Crippen molar-refractivity contribution in [3.05, 3.63) is 29.8 Å². The van der Waals surface area contributed by atoms with Crippen molar-refractivity contribution in [1.82, 2.24) is 4.90 Å². The molecule has 1 aliphatic rings. The molecule has 1 aliphatic heterocycles. The average Bonchev–Trinajstić information content (AvgIpc) is 2.35. The first-order chi connectivity index (χ1) is 8.82. The van der Waals surface area contributed by atoms with Gasteiger partial charge in [-0.2, -0.15) is 0 Å². The molecule has 0 saturated carbocycles. The molecule has 0 fully saturated rings. The summed E-state index contributed by atoms with van der Waals surface area (Å²) in [6.45, 7) is 6.75. The van der Waals surface area contributed by atoms with Crippen LogP contribution in [0, 0.1) is 5.41 Å².